The number of hydrogen-bond acceptors (Lipinski definition) is 4. The maximum absolute atomic E-state index is 12.4. The Bertz CT molecular complexity index is 740. The lowest BCUT2D eigenvalue weighted by molar-refractivity contribution is 0.0939. The first-order valence-corrected chi connectivity index (χ1v) is 8.50. The van der Waals surface area contributed by atoms with Gasteiger partial charge in [-0.05, 0) is 62.7 Å². The van der Waals surface area contributed by atoms with E-state index >= 15 is 0 Å². The number of benzene rings is 2. The third-order valence-corrected chi connectivity index (χ3v) is 3.90. The van der Waals surface area contributed by atoms with Crippen LogP contribution in [0.15, 0.2) is 42.5 Å². The third kappa shape index (κ3) is 4.24. The predicted octanol–water partition coefficient (Wildman–Crippen LogP) is 3.74. The summed E-state index contributed by atoms with van der Waals surface area (Å²) >= 11 is 0. The molecule has 0 radical (unpaired) electrons. The Morgan fingerprint density at radius 2 is 1.68 bits per heavy atom. The molecule has 132 valence electrons. The van der Waals surface area contributed by atoms with Crippen molar-refractivity contribution in [3.05, 3.63) is 53.6 Å². The van der Waals surface area contributed by atoms with Gasteiger partial charge in [-0.2, -0.15) is 0 Å². The number of carbonyl (C=O) groups is 1. The third-order valence-electron chi connectivity index (χ3n) is 3.90. The number of rotatable bonds is 5. The van der Waals surface area contributed by atoms with Crippen molar-refractivity contribution in [2.45, 2.75) is 32.9 Å². The molecule has 5 heteroatoms. The van der Waals surface area contributed by atoms with E-state index in [4.69, 9.17) is 14.2 Å². The number of nitrogens with one attached hydrogen (secondary N) is 1. The molecular formula is C20H23NO4. The maximum atomic E-state index is 12.4. The maximum Gasteiger partial charge on any atom is 0.251 e. The highest BCUT2D eigenvalue weighted by Gasteiger charge is 2.16. The van der Waals surface area contributed by atoms with Crippen molar-refractivity contribution in [1.82, 2.24) is 5.32 Å². The Morgan fingerprint density at radius 1 is 1.00 bits per heavy atom. The molecule has 0 saturated heterocycles. The zero-order valence-corrected chi connectivity index (χ0v) is 14.7. The summed E-state index contributed by atoms with van der Waals surface area (Å²) in [6.07, 6.45) is 0.106. The van der Waals surface area contributed by atoms with Crippen LogP contribution in [0.3, 0.4) is 0 Å². The second kappa shape index (κ2) is 7.47. The molecule has 0 aromatic heterocycles. The molecule has 0 aliphatic carbocycles. The van der Waals surface area contributed by atoms with Crippen LogP contribution in [0.4, 0.5) is 0 Å². The van der Waals surface area contributed by atoms with Crippen molar-refractivity contribution in [2.24, 2.45) is 0 Å². The summed E-state index contributed by atoms with van der Waals surface area (Å²) in [4.78, 5) is 12.4. The highest BCUT2D eigenvalue weighted by Crippen LogP contribution is 2.32. The van der Waals surface area contributed by atoms with E-state index in [9.17, 15) is 4.79 Å². The molecule has 0 fully saturated rings. The highest BCUT2D eigenvalue weighted by molar-refractivity contribution is 5.94. The second-order valence-corrected chi connectivity index (χ2v) is 6.29. The Hall–Kier alpha value is -2.69. The summed E-state index contributed by atoms with van der Waals surface area (Å²) in [5, 5.41) is 3.00. The molecule has 2 aromatic rings. The van der Waals surface area contributed by atoms with Crippen LogP contribution in [0.25, 0.3) is 0 Å². The second-order valence-electron chi connectivity index (χ2n) is 6.29. The normalized spacial score (nSPS) is 14.1. The van der Waals surface area contributed by atoms with E-state index in [1.165, 1.54) is 0 Å². The molecule has 25 heavy (non-hydrogen) atoms. The minimum Gasteiger partial charge on any atom is -0.491 e. The van der Waals surface area contributed by atoms with Crippen LogP contribution in [-0.2, 0) is 0 Å². The van der Waals surface area contributed by atoms with E-state index in [2.05, 4.69) is 5.32 Å². The van der Waals surface area contributed by atoms with Gasteiger partial charge in [0.15, 0.2) is 11.5 Å². The summed E-state index contributed by atoms with van der Waals surface area (Å²) in [5.41, 5.74) is 1.57. The van der Waals surface area contributed by atoms with E-state index < -0.39 is 0 Å². The van der Waals surface area contributed by atoms with Gasteiger partial charge in [-0.1, -0.05) is 6.07 Å². The molecule has 5 nitrogen and oxygen atoms in total. The van der Waals surface area contributed by atoms with Crippen molar-refractivity contribution in [2.75, 3.05) is 13.2 Å². The molecule has 1 aliphatic rings. The smallest absolute Gasteiger partial charge is 0.251 e. The first-order chi connectivity index (χ1) is 12.0. The fourth-order valence-electron chi connectivity index (χ4n) is 2.65. The summed E-state index contributed by atoms with van der Waals surface area (Å²) in [5.74, 6) is 2.10. The molecule has 2 aromatic carbocycles. The van der Waals surface area contributed by atoms with Crippen LogP contribution in [-0.4, -0.2) is 25.2 Å². The average Bonchev–Trinajstić information content (AvgIpc) is 2.61. The van der Waals surface area contributed by atoms with E-state index in [0.29, 0.717) is 18.8 Å². The van der Waals surface area contributed by atoms with Gasteiger partial charge in [0.2, 0.25) is 0 Å². The van der Waals surface area contributed by atoms with Crippen molar-refractivity contribution < 1.29 is 19.0 Å². The molecule has 1 N–H and O–H groups in total. The van der Waals surface area contributed by atoms with Gasteiger partial charge in [0, 0.05) is 5.56 Å². The van der Waals surface area contributed by atoms with Crippen molar-refractivity contribution in [3.8, 4) is 17.2 Å². The summed E-state index contributed by atoms with van der Waals surface area (Å²) in [7, 11) is 0. The van der Waals surface area contributed by atoms with Crippen molar-refractivity contribution in [3.63, 3.8) is 0 Å². The SMILES string of the molecule is CC(C)Oc1ccc(C(=O)N[C@@H](C)c2ccc3c(c2)OCCO3)cc1. The van der Waals surface area contributed by atoms with Crippen molar-refractivity contribution >= 4 is 5.91 Å². The Kier molecular flexibility index (Phi) is 5.12. The van der Waals surface area contributed by atoms with E-state index in [-0.39, 0.29) is 18.1 Å². The fraction of sp³-hybridized carbons (Fsp3) is 0.350. The molecule has 3 rings (SSSR count). The van der Waals surface area contributed by atoms with Crippen molar-refractivity contribution in [1.29, 1.82) is 0 Å². The quantitative estimate of drug-likeness (QED) is 0.900. The summed E-state index contributed by atoms with van der Waals surface area (Å²) in [6.45, 7) is 6.99. The van der Waals surface area contributed by atoms with Gasteiger partial charge in [0.05, 0.1) is 12.1 Å². The predicted molar refractivity (Wildman–Crippen MR) is 95.5 cm³/mol. The number of carbonyl (C=O) groups excluding carboxylic acids is 1. The minimum absolute atomic E-state index is 0.106. The van der Waals surface area contributed by atoms with Crippen LogP contribution in [0, 0.1) is 0 Å². The van der Waals surface area contributed by atoms with Crippen LogP contribution in [0.1, 0.15) is 42.7 Å². The molecule has 0 spiro atoms. The molecule has 0 unspecified atom stereocenters. The van der Waals surface area contributed by atoms with E-state index in [0.717, 1.165) is 22.8 Å². The molecule has 1 heterocycles. The first-order valence-electron chi connectivity index (χ1n) is 8.50. The van der Waals surface area contributed by atoms with Gasteiger partial charge in [-0.3, -0.25) is 4.79 Å². The monoisotopic (exact) mass is 341 g/mol. The highest BCUT2D eigenvalue weighted by atomic mass is 16.6. The lowest BCUT2D eigenvalue weighted by atomic mass is 10.1. The van der Waals surface area contributed by atoms with Gasteiger partial charge in [0.1, 0.15) is 19.0 Å². The number of fused-ring (bicyclic) bond motifs is 1. The molecular weight excluding hydrogens is 318 g/mol. The zero-order chi connectivity index (χ0) is 17.8. The molecule has 1 aliphatic heterocycles. The fourth-order valence-corrected chi connectivity index (χ4v) is 2.65. The van der Waals surface area contributed by atoms with Gasteiger partial charge in [-0.15, -0.1) is 0 Å². The van der Waals surface area contributed by atoms with Crippen LogP contribution < -0.4 is 19.5 Å². The number of hydrogen-bond donors (Lipinski definition) is 1. The number of amides is 1. The van der Waals surface area contributed by atoms with Gasteiger partial charge in [-0.25, -0.2) is 0 Å². The molecule has 1 amide bonds. The lowest BCUT2D eigenvalue weighted by Gasteiger charge is -2.21. The Labute approximate surface area is 147 Å². The lowest BCUT2D eigenvalue weighted by Crippen LogP contribution is -2.26. The molecule has 1 atom stereocenters. The van der Waals surface area contributed by atoms with E-state index in [1.54, 1.807) is 12.1 Å². The Balaban J connectivity index is 1.66. The first kappa shape index (κ1) is 17.1. The standard InChI is InChI=1S/C20H23NO4/c1-13(2)25-17-7-4-15(5-8-17)20(22)21-14(3)16-6-9-18-19(12-16)24-11-10-23-18/h4-9,12-14H,10-11H2,1-3H3,(H,21,22)/t14-/m0/s1. The Morgan fingerprint density at radius 3 is 2.36 bits per heavy atom. The molecule has 0 bridgehead atoms. The van der Waals surface area contributed by atoms with Gasteiger partial charge >= 0.3 is 0 Å². The van der Waals surface area contributed by atoms with Crippen LogP contribution in [0.2, 0.25) is 0 Å². The number of ether oxygens (including phenoxy) is 3. The summed E-state index contributed by atoms with van der Waals surface area (Å²) < 4.78 is 16.7. The van der Waals surface area contributed by atoms with Crippen LogP contribution in [0.5, 0.6) is 17.2 Å². The largest absolute Gasteiger partial charge is 0.491 e. The van der Waals surface area contributed by atoms with Crippen LogP contribution >= 0.6 is 0 Å². The average molecular weight is 341 g/mol. The molecule has 0 saturated carbocycles. The summed E-state index contributed by atoms with van der Waals surface area (Å²) in [6, 6.07) is 12.7. The zero-order valence-electron chi connectivity index (χ0n) is 14.7. The minimum atomic E-state index is -0.144. The van der Waals surface area contributed by atoms with Gasteiger partial charge in [0.25, 0.3) is 5.91 Å². The topological polar surface area (TPSA) is 56.8 Å². The van der Waals surface area contributed by atoms with Gasteiger partial charge < -0.3 is 19.5 Å². The van der Waals surface area contributed by atoms with E-state index in [1.807, 2.05) is 51.1 Å².